The first-order valence-electron chi connectivity index (χ1n) is 14.4. The molecule has 0 aliphatic carbocycles. The van der Waals surface area contributed by atoms with Gasteiger partial charge in [-0.15, -0.1) is 22.7 Å². The fourth-order valence-corrected chi connectivity index (χ4v) is 16.2. The van der Waals surface area contributed by atoms with Gasteiger partial charge in [-0.25, -0.2) is 0 Å². The first kappa shape index (κ1) is 30.3. The average molecular weight is 663 g/mol. The molecule has 8 heteroatoms. The van der Waals surface area contributed by atoms with Crippen LogP contribution in [0.2, 0.25) is 36.3 Å². The minimum Gasteiger partial charge on any atom is -0.281 e. The summed E-state index contributed by atoms with van der Waals surface area (Å²) in [6, 6.07) is 17.3. The number of thioether (sulfide) groups is 2. The first-order valence-corrected chi connectivity index (χ1v) is 23.7. The maximum Gasteiger partial charge on any atom is 0.226 e. The quantitative estimate of drug-likeness (QED) is 0.207. The molecule has 2 nitrogen and oxygen atoms in total. The number of thiophene rings is 2. The molecule has 0 N–H and O–H groups in total. The molecule has 6 rings (SSSR count). The minimum atomic E-state index is -1.69. The number of carbonyl (C=O) groups excluding carboxylic acids is 2. The Bertz CT molecular complexity index is 1800. The first-order chi connectivity index (χ1) is 19.4. The third-order valence-corrected chi connectivity index (χ3v) is 28.0. The molecule has 4 heterocycles. The number of hydrogen-bond acceptors (Lipinski definition) is 6. The molecular formula is C34H38O2S4Si2. The lowest BCUT2D eigenvalue weighted by Crippen LogP contribution is -2.47. The van der Waals surface area contributed by atoms with Gasteiger partial charge in [0, 0.05) is 30.0 Å². The monoisotopic (exact) mass is 662 g/mol. The van der Waals surface area contributed by atoms with Crippen LogP contribution in [0.4, 0.5) is 0 Å². The molecule has 0 saturated heterocycles. The molecule has 0 unspecified atom stereocenters. The Morgan fingerprint density at radius 2 is 0.881 bits per heavy atom. The van der Waals surface area contributed by atoms with Crippen LogP contribution in [-0.2, 0) is 9.59 Å². The number of carbonyl (C=O) groups is 2. The van der Waals surface area contributed by atoms with Crippen molar-refractivity contribution in [2.24, 2.45) is 0 Å². The van der Waals surface area contributed by atoms with Gasteiger partial charge in [0.2, 0.25) is 10.2 Å². The number of rotatable bonds is 4. The van der Waals surface area contributed by atoms with Crippen molar-refractivity contribution in [3.8, 4) is 0 Å². The second kappa shape index (κ2) is 9.91. The highest BCUT2D eigenvalue weighted by Crippen LogP contribution is 2.43. The molecule has 2 aliphatic heterocycles. The van der Waals surface area contributed by atoms with Crippen LogP contribution >= 0.6 is 46.2 Å². The van der Waals surface area contributed by atoms with E-state index in [0.717, 1.165) is 51.9 Å². The van der Waals surface area contributed by atoms with Crippen molar-refractivity contribution in [2.45, 2.75) is 87.6 Å². The largest absolute Gasteiger partial charge is 0.281 e. The van der Waals surface area contributed by atoms with Gasteiger partial charge in [-0.3, -0.25) is 9.59 Å². The SMILES string of the molecule is CC(C)(C)[Si](C)(C)c1ccc(C2=c3ccc4c5c(ccc4c3SC2=O)=C(c2ccc([Si](C)(C)C(C)(C)C)s2)C(=O)S5)s1. The van der Waals surface area contributed by atoms with Crippen molar-refractivity contribution < 1.29 is 9.59 Å². The lowest BCUT2D eigenvalue weighted by atomic mass is 10.0. The second-order valence-electron chi connectivity index (χ2n) is 14.6. The normalized spacial score (nSPS) is 16.1. The van der Waals surface area contributed by atoms with E-state index in [-0.39, 0.29) is 20.3 Å². The summed E-state index contributed by atoms with van der Waals surface area (Å²) in [6.07, 6.45) is 0. The van der Waals surface area contributed by atoms with Crippen molar-refractivity contribution in [3.63, 3.8) is 0 Å². The van der Waals surface area contributed by atoms with Crippen LogP contribution in [0.25, 0.3) is 21.9 Å². The van der Waals surface area contributed by atoms with Crippen LogP contribution in [0.3, 0.4) is 0 Å². The topological polar surface area (TPSA) is 34.1 Å². The standard InChI is InChI=1S/C34H38O2S4Si2/c1-33(2,3)41(7,8)25-17-15-23(37-25)27-21-13-11-20-19(29(21)39-31(27)35)12-14-22-28(32(36)40-30(20)22)24-16-18-26(38-24)42(9,10)34(4,5)6/h11-18H,1-10H3. The summed E-state index contributed by atoms with van der Waals surface area (Å²) in [4.78, 5) is 31.2. The van der Waals surface area contributed by atoms with E-state index in [4.69, 9.17) is 0 Å². The summed E-state index contributed by atoms with van der Waals surface area (Å²) in [5.41, 5.74) is 1.67. The van der Waals surface area contributed by atoms with E-state index < -0.39 is 16.1 Å². The average Bonchev–Trinajstić information content (AvgIpc) is 3.66. The third kappa shape index (κ3) is 4.55. The molecule has 218 valence electrons. The van der Waals surface area contributed by atoms with Crippen LogP contribution in [0.5, 0.6) is 0 Å². The highest BCUT2D eigenvalue weighted by Gasteiger charge is 2.40. The van der Waals surface area contributed by atoms with E-state index in [1.165, 1.54) is 32.5 Å². The Kier molecular flexibility index (Phi) is 7.16. The van der Waals surface area contributed by atoms with Gasteiger partial charge >= 0.3 is 0 Å². The molecule has 2 aromatic carbocycles. The van der Waals surface area contributed by atoms with Crippen molar-refractivity contribution in [1.82, 2.24) is 0 Å². The van der Waals surface area contributed by atoms with Crippen molar-refractivity contribution in [2.75, 3.05) is 0 Å². The van der Waals surface area contributed by atoms with E-state index in [0.29, 0.717) is 0 Å². The molecule has 2 aromatic heterocycles. The molecule has 2 aliphatic rings. The van der Waals surface area contributed by atoms with Crippen molar-refractivity contribution >= 4 is 103 Å². The van der Waals surface area contributed by atoms with Gasteiger partial charge < -0.3 is 0 Å². The van der Waals surface area contributed by atoms with Gasteiger partial charge in [0.25, 0.3) is 0 Å². The molecule has 0 atom stereocenters. The van der Waals surface area contributed by atoms with Crippen LogP contribution in [0.1, 0.15) is 51.3 Å². The fraction of sp³-hybridized carbons (Fsp3) is 0.353. The molecular weight excluding hydrogens is 625 g/mol. The predicted molar refractivity (Wildman–Crippen MR) is 192 cm³/mol. The molecule has 42 heavy (non-hydrogen) atoms. The molecule has 4 aromatic rings. The van der Waals surface area contributed by atoms with Gasteiger partial charge in [-0.1, -0.05) is 104 Å². The minimum absolute atomic E-state index is 0.120. The van der Waals surface area contributed by atoms with Crippen molar-refractivity contribution in [1.29, 1.82) is 0 Å². The van der Waals surface area contributed by atoms with Gasteiger partial charge in [0.1, 0.15) is 0 Å². The lowest BCUT2D eigenvalue weighted by molar-refractivity contribution is -0.106. The van der Waals surface area contributed by atoms with Gasteiger partial charge in [-0.05, 0) is 65.5 Å². The fourth-order valence-electron chi connectivity index (χ4n) is 5.29. The zero-order valence-corrected chi connectivity index (χ0v) is 31.3. The Hall–Kier alpha value is -1.69. The van der Waals surface area contributed by atoms with E-state index in [1.807, 2.05) is 0 Å². The van der Waals surface area contributed by atoms with Crippen LogP contribution in [-0.4, -0.2) is 26.4 Å². The summed E-state index contributed by atoms with van der Waals surface area (Å²) in [5.74, 6) is 0. The highest BCUT2D eigenvalue weighted by molar-refractivity contribution is 8.15. The number of hydrogen-bond donors (Lipinski definition) is 0. The van der Waals surface area contributed by atoms with Gasteiger partial charge in [0.05, 0.1) is 27.3 Å². The molecule has 0 radical (unpaired) electrons. The molecule has 0 saturated carbocycles. The van der Waals surface area contributed by atoms with Crippen LogP contribution < -0.4 is 19.4 Å². The smallest absolute Gasteiger partial charge is 0.226 e. The van der Waals surface area contributed by atoms with Gasteiger partial charge in [0.15, 0.2) is 0 Å². The van der Waals surface area contributed by atoms with Crippen LogP contribution in [0.15, 0.2) is 58.3 Å². The summed E-state index contributed by atoms with van der Waals surface area (Å²) in [7, 11) is -3.37. The predicted octanol–water partition coefficient (Wildman–Crippen LogP) is 8.06. The zero-order chi connectivity index (χ0) is 30.6. The summed E-state index contributed by atoms with van der Waals surface area (Å²) >= 11 is 6.30. The highest BCUT2D eigenvalue weighted by atomic mass is 32.2. The molecule has 0 amide bonds. The third-order valence-electron chi connectivity index (χ3n) is 10.1. The Balaban J connectivity index is 1.48. The Labute approximate surface area is 267 Å². The van der Waals surface area contributed by atoms with E-state index >= 15 is 0 Å². The zero-order valence-electron chi connectivity index (χ0n) is 26.1. The van der Waals surface area contributed by atoms with E-state index in [2.05, 4.69) is 116 Å². The van der Waals surface area contributed by atoms with Gasteiger partial charge in [-0.2, -0.15) is 0 Å². The Morgan fingerprint density at radius 3 is 1.21 bits per heavy atom. The van der Waals surface area contributed by atoms with E-state index in [1.54, 1.807) is 22.7 Å². The lowest BCUT2D eigenvalue weighted by Gasteiger charge is -2.35. The number of benzene rings is 2. The van der Waals surface area contributed by atoms with Crippen molar-refractivity contribution in [3.05, 3.63) is 68.7 Å². The van der Waals surface area contributed by atoms with Crippen LogP contribution in [0, 0.1) is 0 Å². The summed E-state index contributed by atoms with van der Waals surface area (Å²) in [5, 5.41) is 4.90. The second-order valence-corrected chi connectivity index (χ2v) is 30.0. The Morgan fingerprint density at radius 1 is 0.524 bits per heavy atom. The maximum atomic E-state index is 13.5. The molecule has 0 fully saturated rings. The maximum absolute atomic E-state index is 13.5. The molecule has 0 bridgehead atoms. The molecule has 0 spiro atoms. The van der Waals surface area contributed by atoms with E-state index in [9.17, 15) is 9.59 Å². The number of fused-ring (bicyclic) bond motifs is 5. The summed E-state index contributed by atoms with van der Waals surface area (Å²) in [6.45, 7) is 23.7. The summed E-state index contributed by atoms with van der Waals surface area (Å²) < 4.78 is 2.87.